The SMILES string of the molecule is COc1cc(C=Nc2ccc(C)cc2)cc(Br)c1OCc1ccc([N+](=O)[O-])cc1. The van der Waals surface area contributed by atoms with Crippen molar-refractivity contribution in [3.63, 3.8) is 0 Å². The number of benzene rings is 3. The lowest BCUT2D eigenvalue weighted by Crippen LogP contribution is -2.00. The van der Waals surface area contributed by atoms with Crippen molar-refractivity contribution in [2.45, 2.75) is 13.5 Å². The van der Waals surface area contributed by atoms with Crippen molar-refractivity contribution in [2.24, 2.45) is 4.99 Å². The number of aryl methyl sites for hydroxylation is 1. The minimum atomic E-state index is -0.429. The molecule has 3 aromatic rings. The van der Waals surface area contributed by atoms with E-state index in [2.05, 4.69) is 20.9 Å². The van der Waals surface area contributed by atoms with E-state index >= 15 is 0 Å². The zero-order valence-corrected chi connectivity index (χ0v) is 17.5. The summed E-state index contributed by atoms with van der Waals surface area (Å²) < 4.78 is 12.1. The molecule has 0 saturated carbocycles. The number of methoxy groups -OCH3 is 1. The highest BCUT2D eigenvalue weighted by Crippen LogP contribution is 2.37. The molecule has 3 rings (SSSR count). The van der Waals surface area contributed by atoms with Gasteiger partial charge in [0.25, 0.3) is 5.69 Å². The molecule has 0 atom stereocenters. The van der Waals surface area contributed by atoms with E-state index in [-0.39, 0.29) is 12.3 Å². The highest BCUT2D eigenvalue weighted by atomic mass is 79.9. The molecule has 0 saturated heterocycles. The van der Waals surface area contributed by atoms with Crippen LogP contribution in [0.5, 0.6) is 11.5 Å². The van der Waals surface area contributed by atoms with E-state index in [1.54, 1.807) is 25.5 Å². The summed E-state index contributed by atoms with van der Waals surface area (Å²) in [5.74, 6) is 1.12. The van der Waals surface area contributed by atoms with Crippen LogP contribution in [0.4, 0.5) is 11.4 Å². The van der Waals surface area contributed by atoms with Gasteiger partial charge in [-0.15, -0.1) is 0 Å². The number of aliphatic imine (C=N–C) groups is 1. The fourth-order valence-corrected chi connectivity index (χ4v) is 3.18. The molecule has 7 heteroatoms. The average Bonchev–Trinajstić information content (AvgIpc) is 2.72. The summed E-state index contributed by atoms with van der Waals surface area (Å²) in [5.41, 5.74) is 3.77. The van der Waals surface area contributed by atoms with Gasteiger partial charge in [-0.2, -0.15) is 0 Å². The molecule has 0 fully saturated rings. The number of nitrogens with zero attached hydrogens (tertiary/aromatic N) is 2. The molecule has 0 N–H and O–H groups in total. The van der Waals surface area contributed by atoms with Gasteiger partial charge in [-0.3, -0.25) is 15.1 Å². The third-order valence-corrected chi connectivity index (χ3v) is 4.77. The summed E-state index contributed by atoms with van der Waals surface area (Å²) in [5, 5.41) is 10.8. The standard InChI is InChI=1S/C22H19BrN2O4/c1-15-3-7-18(8-4-15)24-13-17-11-20(23)22(21(12-17)28-2)29-14-16-5-9-19(10-6-16)25(26)27/h3-13H,14H2,1-2H3. The minimum absolute atomic E-state index is 0.0460. The molecule has 0 aliphatic carbocycles. The third kappa shape index (κ3) is 5.42. The fraction of sp³-hybridized carbons (Fsp3) is 0.136. The van der Waals surface area contributed by atoms with Crippen molar-refractivity contribution in [1.29, 1.82) is 0 Å². The lowest BCUT2D eigenvalue weighted by atomic mass is 10.2. The molecule has 0 radical (unpaired) electrons. The van der Waals surface area contributed by atoms with Crippen LogP contribution in [0.3, 0.4) is 0 Å². The van der Waals surface area contributed by atoms with E-state index in [9.17, 15) is 10.1 Å². The molecule has 0 bridgehead atoms. The van der Waals surface area contributed by atoms with Crippen LogP contribution < -0.4 is 9.47 Å². The van der Waals surface area contributed by atoms with Crippen LogP contribution in [-0.4, -0.2) is 18.2 Å². The molecule has 0 aliphatic rings. The van der Waals surface area contributed by atoms with Gasteiger partial charge in [0.05, 0.1) is 22.2 Å². The number of ether oxygens (including phenoxy) is 2. The first-order chi connectivity index (χ1) is 14.0. The van der Waals surface area contributed by atoms with Crippen LogP contribution in [0, 0.1) is 17.0 Å². The highest BCUT2D eigenvalue weighted by Gasteiger charge is 2.12. The topological polar surface area (TPSA) is 74.0 Å². The van der Waals surface area contributed by atoms with Gasteiger partial charge in [-0.1, -0.05) is 17.7 Å². The number of rotatable bonds is 7. The zero-order chi connectivity index (χ0) is 20.8. The first kappa shape index (κ1) is 20.5. The van der Waals surface area contributed by atoms with Crippen LogP contribution >= 0.6 is 15.9 Å². The Morgan fingerprint density at radius 2 is 1.79 bits per heavy atom. The number of nitro groups is 1. The van der Waals surface area contributed by atoms with E-state index < -0.39 is 4.92 Å². The summed E-state index contributed by atoms with van der Waals surface area (Å²) >= 11 is 3.52. The molecule has 0 aliphatic heterocycles. The number of non-ortho nitro benzene ring substituents is 1. The summed E-state index contributed by atoms with van der Waals surface area (Å²) in [6.45, 7) is 2.29. The van der Waals surface area contributed by atoms with Crippen molar-refractivity contribution in [3.8, 4) is 11.5 Å². The molecule has 148 valence electrons. The molecule has 6 nitrogen and oxygen atoms in total. The van der Waals surface area contributed by atoms with Crippen LogP contribution in [0.15, 0.2) is 70.1 Å². The number of hydrogen-bond acceptors (Lipinski definition) is 5. The van der Waals surface area contributed by atoms with E-state index in [0.29, 0.717) is 11.5 Å². The largest absolute Gasteiger partial charge is 0.493 e. The number of hydrogen-bond donors (Lipinski definition) is 0. The third-order valence-electron chi connectivity index (χ3n) is 4.18. The first-order valence-electron chi connectivity index (χ1n) is 8.80. The van der Waals surface area contributed by atoms with Gasteiger partial charge < -0.3 is 9.47 Å². The van der Waals surface area contributed by atoms with Crippen molar-refractivity contribution < 1.29 is 14.4 Å². The Kier molecular flexibility index (Phi) is 6.61. The predicted octanol–water partition coefficient (Wildman–Crippen LogP) is 6.00. The zero-order valence-electron chi connectivity index (χ0n) is 16.0. The number of halogens is 1. The Balaban J connectivity index is 1.75. The maximum atomic E-state index is 10.8. The second-order valence-electron chi connectivity index (χ2n) is 6.34. The lowest BCUT2D eigenvalue weighted by Gasteiger charge is -2.13. The van der Waals surface area contributed by atoms with Gasteiger partial charge in [0.15, 0.2) is 11.5 Å². The van der Waals surface area contributed by atoms with Gasteiger partial charge >= 0.3 is 0 Å². The molecule has 0 aromatic heterocycles. The predicted molar refractivity (Wildman–Crippen MR) is 117 cm³/mol. The van der Waals surface area contributed by atoms with E-state index in [0.717, 1.165) is 21.3 Å². The Bertz CT molecular complexity index is 1030. The fourth-order valence-electron chi connectivity index (χ4n) is 2.60. The van der Waals surface area contributed by atoms with E-state index in [1.165, 1.54) is 17.7 Å². The second-order valence-corrected chi connectivity index (χ2v) is 7.19. The second kappa shape index (κ2) is 9.34. The van der Waals surface area contributed by atoms with E-state index in [1.807, 2.05) is 43.3 Å². The van der Waals surface area contributed by atoms with Crippen molar-refractivity contribution in [2.75, 3.05) is 7.11 Å². The quantitative estimate of drug-likeness (QED) is 0.249. The van der Waals surface area contributed by atoms with Crippen molar-refractivity contribution in [1.82, 2.24) is 0 Å². The maximum absolute atomic E-state index is 10.8. The minimum Gasteiger partial charge on any atom is -0.493 e. The average molecular weight is 455 g/mol. The van der Waals surface area contributed by atoms with Gasteiger partial charge in [0.1, 0.15) is 6.61 Å². The molecule has 0 spiro atoms. The monoisotopic (exact) mass is 454 g/mol. The molecular formula is C22H19BrN2O4. The highest BCUT2D eigenvalue weighted by molar-refractivity contribution is 9.10. The van der Waals surface area contributed by atoms with Gasteiger partial charge in [-0.05, 0) is 70.4 Å². The molecule has 0 amide bonds. The smallest absolute Gasteiger partial charge is 0.269 e. The maximum Gasteiger partial charge on any atom is 0.269 e. The van der Waals surface area contributed by atoms with Crippen LogP contribution in [-0.2, 0) is 6.61 Å². The molecular weight excluding hydrogens is 436 g/mol. The van der Waals surface area contributed by atoms with Crippen LogP contribution in [0.25, 0.3) is 0 Å². The lowest BCUT2D eigenvalue weighted by molar-refractivity contribution is -0.384. The molecule has 0 heterocycles. The Hall–Kier alpha value is -3.19. The molecule has 0 unspecified atom stereocenters. The number of nitro benzene ring substituents is 1. The van der Waals surface area contributed by atoms with Crippen LogP contribution in [0.2, 0.25) is 0 Å². The molecule has 3 aromatic carbocycles. The van der Waals surface area contributed by atoms with Gasteiger partial charge in [0.2, 0.25) is 0 Å². The van der Waals surface area contributed by atoms with Gasteiger partial charge in [-0.25, -0.2) is 0 Å². The van der Waals surface area contributed by atoms with E-state index in [4.69, 9.17) is 9.47 Å². The summed E-state index contributed by atoms with van der Waals surface area (Å²) in [6, 6.07) is 17.9. The Morgan fingerprint density at radius 3 is 2.41 bits per heavy atom. The van der Waals surface area contributed by atoms with Gasteiger partial charge in [0, 0.05) is 18.3 Å². The summed E-state index contributed by atoms with van der Waals surface area (Å²) in [4.78, 5) is 14.8. The van der Waals surface area contributed by atoms with Crippen molar-refractivity contribution >= 4 is 33.5 Å². The first-order valence-corrected chi connectivity index (χ1v) is 9.60. The van der Waals surface area contributed by atoms with Crippen LogP contribution in [0.1, 0.15) is 16.7 Å². The summed E-state index contributed by atoms with van der Waals surface area (Å²) in [6.07, 6.45) is 1.76. The normalized spacial score (nSPS) is 10.9. The molecule has 29 heavy (non-hydrogen) atoms. The van der Waals surface area contributed by atoms with Crippen molar-refractivity contribution in [3.05, 3.63) is 91.9 Å². The summed E-state index contributed by atoms with van der Waals surface area (Å²) in [7, 11) is 1.57. The Morgan fingerprint density at radius 1 is 1.10 bits per heavy atom. The Labute approximate surface area is 177 Å².